The second-order valence-electron chi connectivity index (χ2n) is 6.12. The highest BCUT2D eigenvalue weighted by atomic mass is 35.5. The van der Waals surface area contributed by atoms with E-state index in [0.29, 0.717) is 16.6 Å². The van der Waals surface area contributed by atoms with Gasteiger partial charge in [-0.25, -0.2) is 0 Å². The molecule has 0 aliphatic rings. The zero-order valence-electron chi connectivity index (χ0n) is 14.4. The van der Waals surface area contributed by atoms with Gasteiger partial charge in [0.25, 0.3) is 0 Å². The molecule has 0 radical (unpaired) electrons. The Kier molecular flexibility index (Phi) is 4.56. The van der Waals surface area contributed by atoms with Crippen molar-refractivity contribution in [3.8, 4) is 11.5 Å². The quantitative estimate of drug-likeness (QED) is 0.568. The van der Waals surface area contributed by atoms with Gasteiger partial charge in [-0.05, 0) is 48.9 Å². The smallest absolute Gasteiger partial charge is 0.247 e. The van der Waals surface area contributed by atoms with Gasteiger partial charge in [-0.15, -0.1) is 10.2 Å². The number of hydrogen-bond acceptors (Lipinski definition) is 5. The summed E-state index contributed by atoms with van der Waals surface area (Å²) in [6.45, 7) is 1.93. The van der Waals surface area contributed by atoms with Crippen LogP contribution < -0.4 is 5.32 Å². The fourth-order valence-electron chi connectivity index (χ4n) is 2.70. The number of fused-ring (bicyclic) bond motifs is 1. The molecule has 0 saturated heterocycles. The number of anilines is 1. The number of benzene rings is 2. The van der Waals surface area contributed by atoms with E-state index in [-0.39, 0.29) is 18.2 Å². The predicted octanol–water partition coefficient (Wildman–Crippen LogP) is 4.43. The molecule has 1 N–H and O–H groups in total. The van der Waals surface area contributed by atoms with Gasteiger partial charge in [0.2, 0.25) is 17.7 Å². The Morgan fingerprint density at radius 3 is 2.89 bits per heavy atom. The highest BCUT2D eigenvalue weighted by Crippen LogP contribution is 2.24. The van der Waals surface area contributed by atoms with E-state index >= 15 is 0 Å². The number of rotatable bonds is 4. The zero-order valence-corrected chi connectivity index (χ0v) is 15.2. The van der Waals surface area contributed by atoms with E-state index < -0.39 is 0 Å². The first kappa shape index (κ1) is 17.2. The minimum absolute atomic E-state index is 0.0354. The molecule has 0 saturated carbocycles. The van der Waals surface area contributed by atoms with E-state index in [4.69, 9.17) is 16.0 Å². The number of pyridine rings is 1. The highest BCUT2D eigenvalue weighted by molar-refractivity contribution is 6.33. The molecule has 0 aliphatic heterocycles. The lowest BCUT2D eigenvalue weighted by molar-refractivity contribution is -0.115. The third-order valence-electron chi connectivity index (χ3n) is 4.03. The Morgan fingerprint density at radius 1 is 1.15 bits per heavy atom. The van der Waals surface area contributed by atoms with Crippen LogP contribution in [0.25, 0.3) is 22.4 Å². The van der Waals surface area contributed by atoms with Crippen molar-refractivity contribution < 1.29 is 9.21 Å². The molecular formula is C20H15ClN4O2. The van der Waals surface area contributed by atoms with E-state index in [1.165, 1.54) is 0 Å². The second kappa shape index (κ2) is 7.17. The fraction of sp³-hybridized carbons (Fsp3) is 0.100. The molecule has 7 heteroatoms. The van der Waals surface area contributed by atoms with E-state index in [0.717, 1.165) is 22.0 Å². The molecule has 0 fully saturated rings. The molecule has 4 aromatic rings. The molecule has 1 amide bonds. The number of nitrogens with one attached hydrogen (secondary N) is 1. The molecule has 4 rings (SSSR count). The van der Waals surface area contributed by atoms with Crippen LogP contribution in [0.3, 0.4) is 0 Å². The maximum Gasteiger partial charge on any atom is 0.247 e. The predicted molar refractivity (Wildman–Crippen MR) is 104 cm³/mol. The van der Waals surface area contributed by atoms with Crippen molar-refractivity contribution in [1.82, 2.24) is 15.2 Å². The summed E-state index contributed by atoms with van der Waals surface area (Å²) >= 11 is 6.14. The van der Waals surface area contributed by atoms with Crippen LogP contribution in [0.1, 0.15) is 11.5 Å². The summed E-state index contributed by atoms with van der Waals surface area (Å²) in [5, 5.41) is 12.2. The lowest BCUT2D eigenvalue weighted by Crippen LogP contribution is -2.14. The van der Waals surface area contributed by atoms with E-state index in [1.807, 2.05) is 43.3 Å². The van der Waals surface area contributed by atoms with Crippen LogP contribution in [-0.4, -0.2) is 21.1 Å². The Labute approximate surface area is 160 Å². The van der Waals surface area contributed by atoms with Crippen molar-refractivity contribution in [2.45, 2.75) is 13.3 Å². The monoisotopic (exact) mass is 378 g/mol. The molecule has 134 valence electrons. The first-order valence-corrected chi connectivity index (χ1v) is 8.70. The Hall–Kier alpha value is -3.25. The average Bonchev–Trinajstić information content (AvgIpc) is 3.12. The van der Waals surface area contributed by atoms with Crippen LogP contribution in [0.4, 0.5) is 5.69 Å². The molecule has 0 aliphatic carbocycles. The van der Waals surface area contributed by atoms with Crippen LogP contribution in [0.2, 0.25) is 5.02 Å². The molecular weight excluding hydrogens is 364 g/mol. The Balaban J connectivity index is 1.49. The van der Waals surface area contributed by atoms with E-state index in [2.05, 4.69) is 20.5 Å². The molecule has 0 unspecified atom stereocenters. The van der Waals surface area contributed by atoms with Gasteiger partial charge in [0, 0.05) is 17.1 Å². The molecule has 2 aromatic carbocycles. The van der Waals surface area contributed by atoms with E-state index in [1.54, 1.807) is 18.3 Å². The molecule has 0 atom stereocenters. The highest BCUT2D eigenvalue weighted by Gasteiger charge is 2.14. The largest absolute Gasteiger partial charge is 0.420 e. The first-order valence-electron chi connectivity index (χ1n) is 8.32. The second-order valence-corrected chi connectivity index (χ2v) is 6.53. The van der Waals surface area contributed by atoms with Crippen molar-refractivity contribution in [2.75, 3.05) is 5.32 Å². The van der Waals surface area contributed by atoms with Crippen molar-refractivity contribution in [1.29, 1.82) is 0 Å². The summed E-state index contributed by atoms with van der Waals surface area (Å²) in [4.78, 5) is 16.5. The maximum absolute atomic E-state index is 12.2. The Morgan fingerprint density at radius 2 is 2.04 bits per heavy atom. The SMILES string of the molecule is Cc1ccc(NC(=O)Cc2nnc(-c3ccc4ncccc4c3)o2)c(Cl)c1. The van der Waals surface area contributed by atoms with Crippen molar-refractivity contribution >= 4 is 34.1 Å². The third-order valence-corrected chi connectivity index (χ3v) is 4.34. The van der Waals surface area contributed by atoms with Crippen molar-refractivity contribution in [3.63, 3.8) is 0 Å². The van der Waals surface area contributed by atoms with Gasteiger partial charge >= 0.3 is 0 Å². The zero-order chi connectivity index (χ0) is 18.8. The topological polar surface area (TPSA) is 80.9 Å². The molecule has 6 nitrogen and oxygen atoms in total. The van der Waals surface area contributed by atoms with Gasteiger partial charge in [0.1, 0.15) is 6.42 Å². The van der Waals surface area contributed by atoms with Crippen LogP contribution in [0.15, 0.2) is 59.1 Å². The van der Waals surface area contributed by atoms with Gasteiger partial charge in [0.05, 0.1) is 16.2 Å². The van der Waals surface area contributed by atoms with Crippen molar-refractivity contribution in [3.05, 3.63) is 71.2 Å². The summed E-state index contributed by atoms with van der Waals surface area (Å²) in [6.07, 6.45) is 1.71. The molecule has 0 spiro atoms. The van der Waals surface area contributed by atoms with Gasteiger partial charge in [-0.3, -0.25) is 9.78 Å². The standard InChI is InChI=1S/C20H15ClN4O2/c1-12-4-6-17(15(21)9-12)23-18(26)11-19-24-25-20(27-19)14-5-7-16-13(10-14)3-2-8-22-16/h2-10H,11H2,1H3,(H,23,26). The maximum atomic E-state index is 12.2. The van der Waals surface area contributed by atoms with Gasteiger partial charge in [0.15, 0.2) is 0 Å². The van der Waals surface area contributed by atoms with Crippen molar-refractivity contribution in [2.24, 2.45) is 0 Å². The summed E-state index contributed by atoms with van der Waals surface area (Å²) in [6, 6.07) is 14.9. The molecule has 27 heavy (non-hydrogen) atoms. The summed E-state index contributed by atoms with van der Waals surface area (Å²) in [5.41, 5.74) is 3.23. The minimum atomic E-state index is -0.279. The summed E-state index contributed by atoms with van der Waals surface area (Å²) < 4.78 is 5.64. The normalized spacial score (nSPS) is 10.9. The van der Waals surface area contributed by atoms with Gasteiger partial charge in [-0.2, -0.15) is 0 Å². The van der Waals surface area contributed by atoms with Gasteiger partial charge in [-0.1, -0.05) is 23.7 Å². The number of aryl methyl sites for hydroxylation is 1. The molecule has 2 heterocycles. The third kappa shape index (κ3) is 3.80. The summed E-state index contributed by atoms with van der Waals surface area (Å²) in [5.74, 6) is 0.313. The summed E-state index contributed by atoms with van der Waals surface area (Å²) in [7, 11) is 0. The molecule has 0 bridgehead atoms. The minimum Gasteiger partial charge on any atom is -0.420 e. The number of nitrogens with zero attached hydrogens (tertiary/aromatic N) is 3. The van der Waals surface area contributed by atoms with Gasteiger partial charge < -0.3 is 9.73 Å². The fourth-order valence-corrected chi connectivity index (χ4v) is 2.99. The average molecular weight is 379 g/mol. The number of carbonyl (C=O) groups excluding carboxylic acids is 1. The Bertz CT molecular complexity index is 1140. The molecule has 2 aromatic heterocycles. The van der Waals surface area contributed by atoms with Crippen LogP contribution in [0, 0.1) is 6.92 Å². The first-order chi connectivity index (χ1) is 13.1. The lowest BCUT2D eigenvalue weighted by atomic mass is 10.1. The number of hydrogen-bond donors (Lipinski definition) is 1. The number of halogens is 1. The van der Waals surface area contributed by atoms with E-state index in [9.17, 15) is 4.79 Å². The lowest BCUT2D eigenvalue weighted by Gasteiger charge is -2.06. The van der Waals surface area contributed by atoms with Crippen LogP contribution in [0.5, 0.6) is 0 Å². The number of carbonyl (C=O) groups is 1. The van der Waals surface area contributed by atoms with Crippen LogP contribution >= 0.6 is 11.6 Å². The number of aromatic nitrogens is 3. The van der Waals surface area contributed by atoms with Crippen LogP contribution in [-0.2, 0) is 11.2 Å². The number of amides is 1.